The molecule has 1 atom stereocenters. The average molecular weight is 360 g/mol. The van der Waals surface area contributed by atoms with Crippen molar-refractivity contribution in [3.8, 4) is 11.4 Å². The molecule has 0 aliphatic carbocycles. The van der Waals surface area contributed by atoms with Crippen molar-refractivity contribution in [1.82, 2.24) is 24.8 Å². The summed E-state index contributed by atoms with van der Waals surface area (Å²) in [5.74, 6) is 0.750. The lowest BCUT2D eigenvalue weighted by Gasteiger charge is -2.24. The Kier molecular flexibility index (Phi) is 5.20. The zero-order chi connectivity index (χ0) is 18.0. The van der Waals surface area contributed by atoms with E-state index in [4.69, 9.17) is 16.1 Å². The summed E-state index contributed by atoms with van der Waals surface area (Å²) in [6, 6.07) is 8.17. The third-order valence-electron chi connectivity index (χ3n) is 4.33. The lowest BCUT2D eigenvalue weighted by Crippen LogP contribution is -2.30. The van der Waals surface area contributed by atoms with Gasteiger partial charge in [-0.15, -0.1) is 0 Å². The Bertz CT molecular complexity index is 843. The highest BCUT2D eigenvalue weighted by Gasteiger charge is 2.22. The van der Waals surface area contributed by atoms with Crippen LogP contribution in [0.25, 0.3) is 11.4 Å². The van der Waals surface area contributed by atoms with E-state index in [1.54, 1.807) is 4.68 Å². The SMILES string of the molecule is Cc1cc(-c2nn(C)c(Cl)c2CN(C)[C@H](C)Cc2ccccn2)no1. The minimum absolute atomic E-state index is 0.304. The van der Waals surface area contributed by atoms with Gasteiger partial charge in [0.1, 0.15) is 22.3 Å². The Hall–Kier alpha value is -2.18. The third kappa shape index (κ3) is 3.91. The largest absolute Gasteiger partial charge is 0.361 e. The quantitative estimate of drug-likeness (QED) is 0.674. The number of likely N-dealkylation sites (N-methyl/N-ethyl adjacent to an activating group) is 1. The van der Waals surface area contributed by atoms with Crippen molar-refractivity contribution in [2.75, 3.05) is 7.05 Å². The summed E-state index contributed by atoms with van der Waals surface area (Å²) in [6.45, 7) is 4.71. The normalized spacial score (nSPS) is 12.7. The number of aryl methyl sites for hydroxylation is 2. The highest BCUT2D eigenvalue weighted by molar-refractivity contribution is 6.30. The molecule has 0 spiro atoms. The fraction of sp³-hybridized carbons (Fsp3) is 0.389. The molecule has 7 heteroatoms. The Labute approximate surface area is 152 Å². The summed E-state index contributed by atoms with van der Waals surface area (Å²) < 4.78 is 6.86. The Morgan fingerprint density at radius 2 is 2.16 bits per heavy atom. The molecule has 25 heavy (non-hydrogen) atoms. The predicted molar refractivity (Wildman–Crippen MR) is 97.3 cm³/mol. The Morgan fingerprint density at radius 1 is 1.36 bits per heavy atom. The number of nitrogens with zero attached hydrogens (tertiary/aromatic N) is 5. The van der Waals surface area contributed by atoms with Gasteiger partial charge in [0.2, 0.25) is 0 Å². The predicted octanol–water partition coefficient (Wildman–Crippen LogP) is 3.49. The van der Waals surface area contributed by atoms with Crippen LogP contribution in [0.5, 0.6) is 0 Å². The molecule has 3 rings (SSSR count). The van der Waals surface area contributed by atoms with Gasteiger partial charge < -0.3 is 4.52 Å². The van der Waals surface area contributed by atoms with E-state index in [9.17, 15) is 0 Å². The second kappa shape index (κ2) is 7.37. The molecule has 0 aliphatic heterocycles. The molecular formula is C18H22ClN5O. The third-order valence-corrected chi connectivity index (χ3v) is 4.80. The molecule has 0 radical (unpaired) electrons. The van der Waals surface area contributed by atoms with Gasteiger partial charge in [0.05, 0.1) is 0 Å². The Morgan fingerprint density at radius 3 is 2.80 bits per heavy atom. The van der Waals surface area contributed by atoms with Crippen LogP contribution in [-0.4, -0.2) is 37.9 Å². The van der Waals surface area contributed by atoms with Gasteiger partial charge in [0.25, 0.3) is 0 Å². The molecule has 0 bridgehead atoms. The van der Waals surface area contributed by atoms with Crippen molar-refractivity contribution in [3.63, 3.8) is 0 Å². The zero-order valence-electron chi connectivity index (χ0n) is 14.9. The van der Waals surface area contributed by atoms with E-state index in [-0.39, 0.29) is 0 Å². The van der Waals surface area contributed by atoms with Gasteiger partial charge in [-0.3, -0.25) is 14.6 Å². The van der Waals surface area contributed by atoms with Crippen LogP contribution < -0.4 is 0 Å². The van der Waals surface area contributed by atoms with E-state index in [1.807, 2.05) is 44.4 Å². The monoisotopic (exact) mass is 359 g/mol. The molecule has 0 aliphatic rings. The van der Waals surface area contributed by atoms with Crippen LogP contribution in [0.1, 0.15) is 23.9 Å². The first kappa shape index (κ1) is 17.6. The first-order valence-electron chi connectivity index (χ1n) is 8.21. The van der Waals surface area contributed by atoms with Crippen LogP contribution in [0.4, 0.5) is 0 Å². The summed E-state index contributed by atoms with van der Waals surface area (Å²) in [5.41, 5.74) is 3.50. The molecule has 3 aromatic heterocycles. The molecule has 0 unspecified atom stereocenters. The standard InChI is InChI=1S/C18H22ClN5O/c1-12(9-14-7-5-6-8-20-14)23(3)11-15-17(21-24(4)18(15)19)16-10-13(2)25-22-16/h5-8,10,12H,9,11H2,1-4H3/t12-/m1/s1. The van der Waals surface area contributed by atoms with Crippen LogP contribution in [-0.2, 0) is 20.0 Å². The number of hydrogen-bond donors (Lipinski definition) is 0. The smallest absolute Gasteiger partial charge is 0.134 e. The number of hydrogen-bond acceptors (Lipinski definition) is 5. The van der Waals surface area contributed by atoms with Gasteiger partial charge in [-0.25, -0.2) is 0 Å². The van der Waals surface area contributed by atoms with Crippen molar-refractivity contribution in [3.05, 3.63) is 52.6 Å². The van der Waals surface area contributed by atoms with Crippen molar-refractivity contribution in [1.29, 1.82) is 0 Å². The summed E-state index contributed by atoms with van der Waals surface area (Å²) >= 11 is 6.48. The average Bonchev–Trinajstić information content (AvgIpc) is 3.14. The summed E-state index contributed by atoms with van der Waals surface area (Å²) in [4.78, 5) is 6.65. The van der Waals surface area contributed by atoms with Gasteiger partial charge in [0, 0.05) is 49.6 Å². The minimum atomic E-state index is 0.304. The molecule has 0 amide bonds. The molecule has 0 fully saturated rings. The number of rotatable bonds is 6. The number of aromatic nitrogens is 4. The summed E-state index contributed by atoms with van der Waals surface area (Å²) in [5, 5.41) is 9.21. The first-order chi connectivity index (χ1) is 12.0. The second-order valence-corrected chi connectivity index (χ2v) is 6.71. The summed E-state index contributed by atoms with van der Waals surface area (Å²) in [7, 11) is 3.91. The molecule has 0 saturated carbocycles. The fourth-order valence-corrected chi connectivity index (χ4v) is 2.94. The van der Waals surface area contributed by atoms with Crippen LogP contribution in [0, 0.1) is 6.92 Å². The van der Waals surface area contributed by atoms with Crippen LogP contribution in [0.2, 0.25) is 5.15 Å². The summed E-state index contributed by atoms with van der Waals surface area (Å²) in [6.07, 6.45) is 2.69. The van der Waals surface area contributed by atoms with Gasteiger partial charge in [-0.05, 0) is 33.0 Å². The lowest BCUT2D eigenvalue weighted by atomic mass is 10.1. The van der Waals surface area contributed by atoms with E-state index in [0.29, 0.717) is 23.4 Å². The molecule has 132 valence electrons. The maximum absolute atomic E-state index is 6.48. The molecule has 6 nitrogen and oxygen atoms in total. The minimum Gasteiger partial charge on any atom is -0.361 e. The number of pyridine rings is 1. The van der Waals surface area contributed by atoms with Crippen molar-refractivity contribution < 1.29 is 4.52 Å². The molecular weight excluding hydrogens is 338 g/mol. The van der Waals surface area contributed by atoms with Gasteiger partial charge in [-0.2, -0.15) is 5.10 Å². The lowest BCUT2D eigenvalue weighted by molar-refractivity contribution is 0.247. The van der Waals surface area contributed by atoms with E-state index in [1.165, 1.54) is 0 Å². The van der Waals surface area contributed by atoms with Crippen LogP contribution in [0.15, 0.2) is 35.0 Å². The van der Waals surface area contributed by atoms with Gasteiger partial charge in [-0.1, -0.05) is 22.8 Å². The fourth-order valence-electron chi connectivity index (χ4n) is 2.75. The molecule has 3 aromatic rings. The second-order valence-electron chi connectivity index (χ2n) is 6.35. The first-order valence-corrected chi connectivity index (χ1v) is 8.58. The van der Waals surface area contributed by atoms with Gasteiger partial charge >= 0.3 is 0 Å². The number of halogens is 1. The highest BCUT2D eigenvalue weighted by atomic mass is 35.5. The van der Waals surface area contributed by atoms with Crippen molar-refractivity contribution in [2.45, 2.75) is 32.9 Å². The van der Waals surface area contributed by atoms with Gasteiger partial charge in [0.15, 0.2) is 0 Å². The van der Waals surface area contributed by atoms with E-state index in [2.05, 4.69) is 34.1 Å². The zero-order valence-corrected chi connectivity index (χ0v) is 15.7. The topological polar surface area (TPSA) is 60.0 Å². The van der Waals surface area contributed by atoms with Crippen LogP contribution in [0.3, 0.4) is 0 Å². The van der Waals surface area contributed by atoms with Crippen molar-refractivity contribution >= 4 is 11.6 Å². The molecule has 3 heterocycles. The van der Waals surface area contributed by atoms with E-state index >= 15 is 0 Å². The van der Waals surface area contributed by atoms with E-state index < -0.39 is 0 Å². The molecule has 0 N–H and O–H groups in total. The molecule has 0 aromatic carbocycles. The molecule has 0 saturated heterocycles. The van der Waals surface area contributed by atoms with E-state index in [0.717, 1.165) is 29.1 Å². The van der Waals surface area contributed by atoms with Crippen molar-refractivity contribution in [2.24, 2.45) is 7.05 Å². The Balaban J connectivity index is 1.80. The van der Waals surface area contributed by atoms with Crippen LogP contribution >= 0.6 is 11.6 Å². The highest BCUT2D eigenvalue weighted by Crippen LogP contribution is 2.29. The maximum Gasteiger partial charge on any atom is 0.134 e. The maximum atomic E-state index is 6.48.